The second-order valence-corrected chi connectivity index (χ2v) is 31.3. The van der Waals surface area contributed by atoms with Gasteiger partial charge in [-0.15, -0.1) is 0 Å². The minimum atomic E-state index is -1.53. The first kappa shape index (κ1) is 46.6. The number of hydrogen-bond donors (Lipinski definition) is 0. The third-order valence-electron chi connectivity index (χ3n) is 14.3. The van der Waals surface area contributed by atoms with Gasteiger partial charge in [0.1, 0.15) is 11.5 Å². The SMILES string of the molecule is COc1ccc(Cc2ccc(N(c3ccc([Si](C)(C)C)cc3)c3cc(C)c4ccc5c(N(c6ccc(Cc7ccc(OC)cc7)cc6)c6ccc([Si](C)(C)C)cc6)cc(C)c6ccc3c4c65)cc2)cc1. The zero-order valence-electron chi connectivity index (χ0n) is 42.4. The van der Waals surface area contributed by atoms with Gasteiger partial charge < -0.3 is 19.3 Å². The molecular formula is C64H64N2O2Si2. The van der Waals surface area contributed by atoms with Gasteiger partial charge in [-0.2, -0.15) is 0 Å². The van der Waals surface area contributed by atoms with E-state index in [4.69, 9.17) is 9.47 Å². The summed E-state index contributed by atoms with van der Waals surface area (Å²) < 4.78 is 10.9. The number of rotatable bonds is 14. The van der Waals surface area contributed by atoms with Crippen molar-refractivity contribution in [1.29, 1.82) is 0 Å². The average molecular weight is 949 g/mol. The molecule has 0 atom stereocenters. The highest BCUT2D eigenvalue weighted by atomic mass is 28.3. The van der Waals surface area contributed by atoms with Crippen LogP contribution in [0, 0.1) is 13.8 Å². The largest absolute Gasteiger partial charge is 0.497 e. The Hall–Kier alpha value is -7.13. The Morgan fingerprint density at radius 3 is 0.900 bits per heavy atom. The molecule has 10 rings (SSSR count). The molecule has 0 aliphatic heterocycles. The molecule has 0 radical (unpaired) electrons. The molecule has 0 spiro atoms. The van der Waals surface area contributed by atoms with E-state index in [1.807, 2.05) is 24.3 Å². The molecule has 0 saturated carbocycles. The van der Waals surface area contributed by atoms with E-state index < -0.39 is 16.1 Å². The molecule has 0 amide bonds. The fourth-order valence-electron chi connectivity index (χ4n) is 10.2. The summed E-state index contributed by atoms with van der Waals surface area (Å²) in [6, 6.07) is 68.3. The Morgan fingerprint density at radius 2 is 0.614 bits per heavy atom. The highest BCUT2D eigenvalue weighted by Gasteiger charge is 2.25. The summed E-state index contributed by atoms with van der Waals surface area (Å²) in [6.07, 6.45) is 1.70. The molecule has 70 heavy (non-hydrogen) atoms. The van der Waals surface area contributed by atoms with E-state index in [1.165, 1.54) is 87.4 Å². The second kappa shape index (κ2) is 18.7. The minimum absolute atomic E-state index is 0.849. The molecule has 10 aromatic carbocycles. The van der Waals surface area contributed by atoms with Gasteiger partial charge in [0.2, 0.25) is 0 Å². The van der Waals surface area contributed by atoms with Gasteiger partial charge in [-0.1, -0.05) is 147 Å². The lowest BCUT2D eigenvalue weighted by Crippen LogP contribution is -2.37. The molecule has 0 bridgehead atoms. The summed E-state index contributed by atoms with van der Waals surface area (Å²) in [7, 11) is 0.366. The van der Waals surface area contributed by atoms with Crippen LogP contribution in [-0.2, 0) is 12.8 Å². The average Bonchev–Trinajstić information content (AvgIpc) is 3.36. The van der Waals surface area contributed by atoms with Gasteiger partial charge in [0.15, 0.2) is 0 Å². The van der Waals surface area contributed by atoms with E-state index in [2.05, 4.69) is 221 Å². The van der Waals surface area contributed by atoms with Crippen LogP contribution < -0.4 is 29.6 Å². The Bertz CT molecular complexity index is 3210. The summed E-state index contributed by atoms with van der Waals surface area (Å²) in [5.41, 5.74) is 14.5. The van der Waals surface area contributed by atoms with Crippen molar-refractivity contribution in [2.24, 2.45) is 0 Å². The van der Waals surface area contributed by atoms with Gasteiger partial charge in [-0.05, 0) is 167 Å². The Balaban J connectivity index is 1.14. The van der Waals surface area contributed by atoms with Crippen LogP contribution in [0.15, 0.2) is 182 Å². The molecule has 0 aliphatic carbocycles. The zero-order chi connectivity index (χ0) is 48.9. The normalized spacial score (nSPS) is 12.0. The number of methoxy groups -OCH3 is 2. The maximum absolute atomic E-state index is 5.44. The van der Waals surface area contributed by atoms with E-state index in [-0.39, 0.29) is 0 Å². The van der Waals surface area contributed by atoms with Crippen LogP contribution in [0.4, 0.5) is 34.1 Å². The van der Waals surface area contributed by atoms with Gasteiger partial charge >= 0.3 is 0 Å². The maximum atomic E-state index is 5.44. The molecule has 0 saturated heterocycles. The fourth-order valence-corrected chi connectivity index (χ4v) is 12.6. The van der Waals surface area contributed by atoms with Gasteiger partial charge in [0.25, 0.3) is 0 Å². The van der Waals surface area contributed by atoms with Crippen molar-refractivity contribution in [3.8, 4) is 11.5 Å². The molecule has 0 fully saturated rings. The third kappa shape index (κ3) is 9.10. The third-order valence-corrected chi connectivity index (χ3v) is 18.4. The standard InChI is InChI=1S/C64H64N2O2Si2/c1-43-39-61(65(51-23-31-55(32-24-51)69(5,6)7)49-19-11-45(12-20-49)41-47-15-27-53(67-3)28-16-47)59-38-36-58-44(2)40-62(60-37-35-57(43)63(59)64(58)60)66(52-25-33-56(34-26-52)70(8,9)10)50-21-13-46(14-22-50)42-48-17-29-54(68-4)30-18-48/h11-40H,41-42H2,1-10H3. The highest BCUT2D eigenvalue weighted by molar-refractivity contribution is 6.89. The first-order chi connectivity index (χ1) is 33.7. The molecule has 350 valence electrons. The fraction of sp³-hybridized carbons (Fsp3) is 0.188. The predicted octanol–water partition coefficient (Wildman–Crippen LogP) is 16.4. The molecule has 6 heteroatoms. The minimum Gasteiger partial charge on any atom is -0.497 e. The lowest BCUT2D eigenvalue weighted by Gasteiger charge is -2.31. The molecule has 0 aliphatic rings. The lowest BCUT2D eigenvalue weighted by molar-refractivity contribution is 0.414. The first-order valence-corrected chi connectivity index (χ1v) is 31.6. The molecule has 0 aromatic heterocycles. The number of anilines is 6. The van der Waals surface area contributed by atoms with E-state index in [0.717, 1.165) is 47.1 Å². The van der Waals surface area contributed by atoms with Crippen molar-refractivity contribution >= 4 is 93.0 Å². The first-order valence-electron chi connectivity index (χ1n) is 24.6. The van der Waals surface area contributed by atoms with Crippen LogP contribution in [-0.4, -0.2) is 30.4 Å². The Morgan fingerprint density at radius 1 is 0.343 bits per heavy atom. The maximum Gasteiger partial charge on any atom is 0.118 e. The summed E-state index contributed by atoms with van der Waals surface area (Å²) >= 11 is 0. The summed E-state index contributed by atoms with van der Waals surface area (Å²) in [5.74, 6) is 1.75. The Labute approximate surface area is 417 Å². The summed E-state index contributed by atoms with van der Waals surface area (Å²) in [5, 5.41) is 10.6. The smallest absolute Gasteiger partial charge is 0.118 e. The van der Waals surface area contributed by atoms with Crippen molar-refractivity contribution in [2.45, 2.75) is 66.0 Å². The molecular weight excluding hydrogens is 885 g/mol. The molecule has 10 aromatic rings. The highest BCUT2D eigenvalue weighted by Crippen LogP contribution is 2.49. The van der Waals surface area contributed by atoms with Crippen LogP contribution in [0.3, 0.4) is 0 Å². The molecule has 0 unspecified atom stereocenters. The number of nitrogens with zero attached hydrogens (tertiary/aromatic N) is 2. The van der Waals surface area contributed by atoms with Crippen molar-refractivity contribution in [3.05, 3.63) is 215 Å². The summed E-state index contributed by atoms with van der Waals surface area (Å²) in [6.45, 7) is 19.1. The topological polar surface area (TPSA) is 24.9 Å². The van der Waals surface area contributed by atoms with Crippen LogP contribution in [0.1, 0.15) is 33.4 Å². The zero-order valence-corrected chi connectivity index (χ0v) is 44.4. The number of ether oxygens (including phenoxy) is 2. The van der Waals surface area contributed by atoms with Crippen molar-refractivity contribution in [2.75, 3.05) is 24.0 Å². The predicted molar refractivity (Wildman–Crippen MR) is 307 cm³/mol. The van der Waals surface area contributed by atoms with Gasteiger partial charge in [0, 0.05) is 33.5 Å². The van der Waals surface area contributed by atoms with Crippen LogP contribution in [0.5, 0.6) is 11.5 Å². The van der Waals surface area contributed by atoms with E-state index in [1.54, 1.807) is 14.2 Å². The van der Waals surface area contributed by atoms with Crippen molar-refractivity contribution < 1.29 is 9.47 Å². The number of benzene rings is 10. The monoisotopic (exact) mass is 948 g/mol. The molecule has 0 N–H and O–H groups in total. The number of aryl methyl sites for hydroxylation is 2. The van der Waals surface area contributed by atoms with Gasteiger partial charge in [-0.25, -0.2) is 0 Å². The Kier molecular flexibility index (Phi) is 12.4. The van der Waals surface area contributed by atoms with Crippen molar-refractivity contribution in [3.63, 3.8) is 0 Å². The van der Waals surface area contributed by atoms with E-state index >= 15 is 0 Å². The van der Waals surface area contributed by atoms with Crippen molar-refractivity contribution in [1.82, 2.24) is 0 Å². The van der Waals surface area contributed by atoms with E-state index in [9.17, 15) is 0 Å². The summed E-state index contributed by atoms with van der Waals surface area (Å²) in [4.78, 5) is 4.97. The second-order valence-electron chi connectivity index (χ2n) is 21.1. The van der Waals surface area contributed by atoms with Gasteiger partial charge in [-0.3, -0.25) is 0 Å². The molecule has 4 nitrogen and oxygen atoms in total. The lowest BCUT2D eigenvalue weighted by atomic mass is 9.88. The molecule has 0 heterocycles. The van der Waals surface area contributed by atoms with Crippen LogP contribution >= 0.6 is 0 Å². The van der Waals surface area contributed by atoms with E-state index in [0.29, 0.717) is 0 Å². The van der Waals surface area contributed by atoms with Gasteiger partial charge in [0.05, 0.1) is 41.7 Å². The van der Waals surface area contributed by atoms with Crippen LogP contribution in [0.25, 0.3) is 32.3 Å². The van der Waals surface area contributed by atoms with Crippen LogP contribution in [0.2, 0.25) is 39.3 Å². The quantitative estimate of drug-likeness (QED) is 0.0801. The number of hydrogen-bond acceptors (Lipinski definition) is 4.